The fourth-order valence-electron chi connectivity index (χ4n) is 1.99. The van der Waals surface area contributed by atoms with Crippen molar-refractivity contribution in [2.24, 2.45) is 17.3 Å². The van der Waals surface area contributed by atoms with Crippen LogP contribution >= 0.6 is 0 Å². The Morgan fingerprint density at radius 3 is 1.88 bits per heavy atom. The van der Waals surface area contributed by atoms with E-state index < -0.39 is 12.1 Å². The van der Waals surface area contributed by atoms with Crippen molar-refractivity contribution in [2.75, 3.05) is 0 Å². The van der Waals surface area contributed by atoms with Crippen molar-refractivity contribution in [3.8, 4) is 0 Å². The number of halogens is 3. The summed E-state index contributed by atoms with van der Waals surface area (Å²) in [6, 6.07) is 0. The van der Waals surface area contributed by atoms with Gasteiger partial charge in [-0.2, -0.15) is 13.2 Å². The Hall–Kier alpha value is -0.210. The van der Waals surface area contributed by atoms with Gasteiger partial charge in [-0.1, -0.05) is 47.5 Å². The highest BCUT2D eigenvalue weighted by atomic mass is 19.4. The van der Waals surface area contributed by atoms with Gasteiger partial charge in [0.1, 0.15) is 0 Å². The van der Waals surface area contributed by atoms with Crippen LogP contribution in [0.15, 0.2) is 0 Å². The molecule has 0 N–H and O–H groups in total. The lowest BCUT2D eigenvalue weighted by atomic mass is 9.71. The lowest BCUT2D eigenvalue weighted by Crippen LogP contribution is -2.27. The molecule has 0 nitrogen and oxygen atoms in total. The summed E-state index contributed by atoms with van der Waals surface area (Å²) in [7, 11) is 0. The van der Waals surface area contributed by atoms with Gasteiger partial charge >= 0.3 is 6.18 Å². The molecule has 0 amide bonds. The molecule has 0 aromatic carbocycles. The Morgan fingerprint density at radius 1 is 1.00 bits per heavy atom. The van der Waals surface area contributed by atoms with Crippen LogP contribution in [0.25, 0.3) is 0 Å². The zero-order valence-corrected chi connectivity index (χ0v) is 11.8. The number of alkyl halides is 3. The van der Waals surface area contributed by atoms with Crippen LogP contribution in [-0.4, -0.2) is 6.18 Å². The first-order chi connectivity index (χ1) is 7.63. The van der Waals surface area contributed by atoms with Crippen LogP contribution in [0.1, 0.15) is 66.7 Å². The van der Waals surface area contributed by atoms with Crippen molar-refractivity contribution in [1.29, 1.82) is 0 Å². The zero-order chi connectivity index (χ0) is 13.7. The van der Waals surface area contributed by atoms with Gasteiger partial charge < -0.3 is 0 Å². The fourth-order valence-corrected chi connectivity index (χ4v) is 1.99. The van der Waals surface area contributed by atoms with Gasteiger partial charge in [0.25, 0.3) is 0 Å². The summed E-state index contributed by atoms with van der Waals surface area (Å²) in [6.45, 7) is 9.79. The quantitative estimate of drug-likeness (QED) is 0.535. The van der Waals surface area contributed by atoms with Crippen LogP contribution in [0.2, 0.25) is 0 Å². The normalized spacial score (nSPS) is 18.2. The second kappa shape index (κ2) is 6.65. The van der Waals surface area contributed by atoms with Crippen molar-refractivity contribution < 1.29 is 13.2 Å². The van der Waals surface area contributed by atoms with Gasteiger partial charge in [-0.05, 0) is 30.6 Å². The predicted molar refractivity (Wildman–Crippen MR) is 66.9 cm³/mol. The summed E-state index contributed by atoms with van der Waals surface area (Å²) in [5.74, 6) is -0.739. The molecule has 3 heteroatoms. The molecular weight excluding hydrogens is 225 g/mol. The highest BCUT2D eigenvalue weighted by molar-refractivity contribution is 4.79. The van der Waals surface area contributed by atoms with Crippen molar-refractivity contribution >= 4 is 0 Å². The molecule has 0 unspecified atom stereocenters. The Labute approximate surface area is 104 Å². The summed E-state index contributed by atoms with van der Waals surface area (Å²) >= 11 is 0. The van der Waals surface area contributed by atoms with Crippen molar-refractivity contribution in [2.45, 2.75) is 72.9 Å². The molecule has 0 spiro atoms. The van der Waals surface area contributed by atoms with Crippen molar-refractivity contribution in [1.82, 2.24) is 0 Å². The maximum atomic E-state index is 12.5. The lowest BCUT2D eigenvalue weighted by Gasteiger charge is -2.35. The van der Waals surface area contributed by atoms with Crippen LogP contribution in [0, 0.1) is 17.3 Å². The van der Waals surface area contributed by atoms with Crippen LogP contribution in [0.3, 0.4) is 0 Å². The molecule has 0 fully saturated rings. The third kappa shape index (κ3) is 5.78. The van der Waals surface area contributed by atoms with E-state index >= 15 is 0 Å². The minimum Gasteiger partial charge on any atom is -0.171 e. The molecule has 104 valence electrons. The van der Waals surface area contributed by atoms with E-state index in [0.29, 0.717) is 12.3 Å². The van der Waals surface area contributed by atoms with E-state index in [0.717, 1.165) is 19.3 Å². The summed E-state index contributed by atoms with van der Waals surface area (Å²) in [5.41, 5.74) is 0.0511. The maximum absolute atomic E-state index is 12.5. The number of hydrogen-bond acceptors (Lipinski definition) is 0. The standard InChI is InChI=1S/C14H27F3/c1-6-7-9-13(5,11(2)3)10-8-12(4)14(15,16)17/h11-12H,6-10H2,1-5H3/t12-,13-/m0/s1. The van der Waals surface area contributed by atoms with Crippen LogP contribution < -0.4 is 0 Å². The molecule has 0 aromatic heterocycles. The number of hydrogen-bond donors (Lipinski definition) is 0. The predicted octanol–water partition coefficient (Wildman–Crippen LogP) is 5.82. The van der Waals surface area contributed by atoms with Crippen molar-refractivity contribution in [3.63, 3.8) is 0 Å². The molecule has 0 aliphatic carbocycles. The summed E-state index contributed by atoms with van der Waals surface area (Å²) in [4.78, 5) is 0. The molecule has 0 radical (unpaired) electrons. The molecular formula is C14H27F3. The molecule has 0 aromatic rings. The highest BCUT2D eigenvalue weighted by Gasteiger charge is 2.37. The Balaban J connectivity index is 4.36. The summed E-state index contributed by atoms with van der Waals surface area (Å²) < 4.78 is 37.4. The van der Waals surface area contributed by atoms with E-state index in [1.54, 1.807) is 0 Å². The average Bonchev–Trinajstić information content (AvgIpc) is 2.21. The molecule has 2 atom stereocenters. The van der Waals surface area contributed by atoms with Gasteiger partial charge in [0.15, 0.2) is 0 Å². The smallest absolute Gasteiger partial charge is 0.171 e. The first-order valence-electron chi connectivity index (χ1n) is 6.70. The third-order valence-electron chi connectivity index (χ3n) is 4.20. The van der Waals surface area contributed by atoms with Gasteiger partial charge in [0.05, 0.1) is 5.92 Å². The topological polar surface area (TPSA) is 0 Å². The summed E-state index contributed by atoms with van der Waals surface area (Å²) in [6.07, 6.45) is 0.133. The molecule has 0 aliphatic rings. The minimum atomic E-state index is -4.04. The molecule has 0 aliphatic heterocycles. The van der Waals surface area contributed by atoms with Gasteiger partial charge in [-0.15, -0.1) is 0 Å². The SMILES string of the molecule is CCCC[C@@](C)(CC[C@H](C)C(F)(F)F)C(C)C. The molecule has 0 rings (SSSR count). The third-order valence-corrected chi connectivity index (χ3v) is 4.20. The van der Waals surface area contributed by atoms with Crippen LogP contribution in [-0.2, 0) is 0 Å². The second-order valence-electron chi connectivity index (χ2n) is 5.89. The molecule has 0 heterocycles. The van der Waals surface area contributed by atoms with Crippen LogP contribution in [0.4, 0.5) is 13.2 Å². The monoisotopic (exact) mass is 252 g/mol. The molecule has 17 heavy (non-hydrogen) atoms. The zero-order valence-electron chi connectivity index (χ0n) is 11.8. The first kappa shape index (κ1) is 16.8. The Kier molecular flexibility index (Phi) is 6.57. The van der Waals surface area contributed by atoms with Gasteiger partial charge in [-0.3, -0.25) is 0 Å². The highest BCUT2D eigenvalue weighted by Crippen LogP contribution is 2.40. The Morgan fingerprint density at radius 2 is 1.53 bits per heavy atom. The van der Waals surface area contributed by atoms with E-state index in [4.69, 9.17) is 0 Å². The molecule has 0 bridgehead atoms. The lowest BCUT2D eigenvalue weighted by molar-refractivity contribution is -0.173. The summed E-state index contributed by atoms with van der Waals surface area (Å²) in [5, 5.41) is 0. The van der Waals surface area contributed by atoms with E-state index in [1.165, 1.54) is 6.92 Å². The molecule has 0 saturated carbocycles. The maximum Gasteiger partial charge on any atom is 0.391 e. The molecule has 0 saturated heterocycles. The van der Waals surface area contributed by atoms with E-state index in [2.05, 4.69) is 27.7 Å². The van der Waals surface area contributed by atoms with Gasteiger partial charge in [0, 0.05) is 0 Å². The Bertz CT molecular complexity index is 208. The largest absolute Gasteiger partial charge is 0.391 e. The van der Waals surface area contributed by atoms with Gasteiger partial charge in [-0.25, -0.2) is 0 Å². The fraction of sp³-hybridized carbons (Fsp3) is 1.00. The number of rotatable bonds is 7. The second-order valence-corrected chi connectivity index (χ2v) is 5.89. The first-order valence-corrected chi connectivity index (χ1v) is 6.70. The van der Waals surface area contributed by atoms with E-state index in [9.17, 15) is 13.2 Å². The van der Waals surface area contributed by atoms with E-state index in [1.807, 2.05) is 0 Å². The number of unbranched alkanes of at least 4 members (excludes halogenated alkanes) is 1. The minimum absolute atomic E-state index is 0.0511. The van der Waals surface area contributed by atoms with E-state index in [-0.39, 0.29) is 11.8 Å². The van der Waals surface area contributed by atoms with Gasteiger partial charge in [0.2, 0.25) is 0 Å². The van der Waals surface area contributed by atoms with Crippen molar-refractivity contribution in [3.05, 3.63) is 0 Å². The van der Waals surface area contributed by atoms with Crippen LogP contribution in [0.5, 0.6) is 0 Å². The average molecular weight is 252 g/mol.